The molecule has 0 aliphatic carbocycles. The molecular weight excluding hydrogens is 218 g/mol. The molecule has 0 aliphatic rings. The van der Waals surface area contributed by atoms with Gasteiger partial charge in [-0.3, -0.25) is 14.8 Å². The molecule has 88 valence electrons. The van der Waals surface area contributed by atoms with Crippen molar-refractivity contribution in [2.75, 3.05) is 0 Å². The van der Waals surface area contributed by atoms with Gasteiger partial charge >= 0.3 is 5.91 Å². The molecule has 0 N–H and O–H groups in total. The molecule has 0 bridgehead atoms. The minimum atomic E-state index is -0.787. The molecule has 0 unspecified atom stereocenters. The van der Waals surface area contributed by atoms with Crippen molar-refractivity contribution in [1.82, 2.24) is 4.98 Å². The summed E-state index contributed by atoms with van der Waals surface area (Å²) in [6.07, 6.45) is 3.35. The van der Waals surface area contributed by atoms with Gasteiger partial charge in [0.25, 0.3) is 0 Å². The van der Waals surface area contributed by atoms with Crippen LogP contribution in [-0.4, -0.2) is 16.6 Å². The summed E-state index contributed by atoms with van der Waals surface area (Å²) >= 11 is 0. The van der Waals surface area contributed by atoms with Gasteiger partial charge in [-0.05, 0) is 26.8 Å². The molecule has 0 atom stereocenters. The second kappa shape index (κ2) is 5.79. The zero-order valence-electron chi connectivity index (χ0n) is 9.97. The Balaban J connectivity index is 3.04. The van der Waals surface area contributed by atoms with Crippen molar-refractivity contribution in [1.29, 1.82) is 0 Å². The lowest BCUT2D eigenvalue weighted by molar-refractivity contribution is -0.114. The van der Waals surface area contributed by atoms with Crippen LogP contribution in [0.3, 0.4) is 0 Å². The monoisotopic (exact) mass is 231 g/mol. The number of carbonyl (C=O) groups is 1. The van der Waals surface area contributed by atoms with Crippen molar-refractivity contribution in [3.63, 3.8) is 0 Å². The number of carbonyl (C=O) groups excluding carboxylic acids is 1. The second-order valence-electron chi connectivity index (χ2n) is 3.55. The van der Waals surface area contributed by atoms with E-state index < -0.39 is 5.91 Å². The van der Waals surface area contributed by atoms with E-state index in [1.807, 2.05) is 13.0 Å². The fourth-order valence-electron chi connectivity index (χ4n) is 1.20. The Hall–Kier alpha value is -2.17. The number of hydrogen-bond acceptors (Lipinski definition) is 4. The maximum absolute atomic E-state index is 11.1. The maximum Gasteiger partial charge on any atom is 0.314 e. The third-order valence-electron chi connectivity index (χ3n) is 2.36. The van der Waals surface area contributed by atoms with E-state index in [0.717, 1.165) is 11.3 Å². The summed E-state index contributed by atoms with van der Waals surface area (Å²) < 4.78 is 0. The number of pyridine rings is 1. The molecule has 0 spiro atoms. The highest BCUT2D eigenvalue weighted by molar-refractivity contribution is 6.00. The Morgan fingerprint density at radius 1 is 1.29 bits per heavy atom. The van der Waals surface area contributed by atoms with E-state index in [0.29, 0.717) is 5.70 Å². The molecule has 1 heterocycles. The smallest absolute Gasteiger partial charge is 0.264 e. The normalized spacial score (nSPS) is 13.0. The molecule has 0 aromatic carbocycles. The van der Waals surface area contributed by atoms with Gasteiger partial charge < -0.3 is 0 Å². The number of nitrogens with zero attached hydrogens (tertiary/aromatic N) is 3. The van der Waals surface area contributed by atoms with E-state index in [2.05, 4.69) is 15.2 Å². The quantitative estimate of drug-likeness (QED) is 0.455. The molecule has 0 saturated heterocycles. The largest absolute Gasteiger partial charge is 0.314 e. The van der Waals surface area contributed by atoms with Crippen LogP contribution in [0, 0.1) is 4.91 Å². The van der Waals surface area contributed by atoms with Crippen LogP contribution in [-0.2, 0) is 4.79 Å². The van der Waals surface area contributed by atoms with Crippen molar-refractivity contribution in [3.05, 3.63) is 46.3 Å². The van der Waals surface area contributed by atoms with E-state index in [9.17, 15) is 9.70 Å². The summed E-state index contributed by atoms with van der Waals surface area (Å²) in [6, 6.07) is 3.67. The van der Waals surface area contributed by atoms with Crippen molar-refractivity contribution in [3.8, 4) is 0 Å². The Labute approximate surface area is 99.3 Å². The molecule has 5 heteroatoms. The van der Waals surface area contributed by atoms with Crippen LogP contribution in [0.4, 0.5) is 0 Å². The zero-order chi connectivity index (χ0) is 12.8. The first-order valence-corrected chi connectivity index (χ1v) is 5.07. The Morgan fingerprint density at radius 2 is 2.00 bits per heavy atom. The number of rotatable bonds is 3. The van der Waals surface area contributed by atoms with E-state index in [1.165, 1.54) is 6.92 Å². The van der Waals surface area contributed by atoms with Crippen LogP contribution < -0.4 is 0 Å². The summed E-state index contributed by atoms with van der Waals surface area (Å²) in [4.78, 5) is 29.4. The van der Waals surface area contributed by atoms with Gasteiger partial charge in [-0.1, -0.05) is 6.07 Å². The highest BCUT2D eigenvalue weighted by atomic mass is 16.3. The Bertz CT molecular complexity index is 490. The number of allylic oxidation sites excluding steroid dienone is 1. The molecule has 0 radical (unpaired) electrons. The molecule has 0 saturated carbocycles. The predicted molar refractivity (Wildman–Crippen MR) is 65.6 cm³/mol. The first-order valence-electron chi connectivity index (χ1n) is 5.07. The third-order valence-corrected chi connectivity index (χ3v) is 2.36. The Kier molecular flexibility index (Phi) is 4.39. The number of nitroso groups, excluding NO2 is 1. The summed E-state index contributed by atoms with van der Waals surface area (Å²) in [7, 11) is 0. The molecule has 1 aromatic rings. The van der Waals surface area contributed by atoms with E-state index in [4.69, 9.17) is 0 Å². The van der Waals surface area contributed by atoms with Crippen LogP contribution in [0.25, 0.3) is 0 Å². The minimum absolute atomic E-state index is 0.253. The Morgan fingerprint density at radius 3 is 2.53 bits per heavy atom. The molecule has 17 heavy (non-hydrogen) atoms. The van der Waals surface area contributed by atoms with Crippen LogP contribution >= 0.6 is 0 Å². The average Bonchev–Trinajstić information content (AvgIpc) is 2.37. The lowest BCUT2D eigenvalue weighted by Crippen LogP contribution is -2.00. The summed E-state index contributed by atoms with van der Waals surface area (Å²) in [5.74, 6) is -0.787. The van der Waals surface area contributed by atoms with Gasteiger partial charge in [-0.25, -0.2) is 0 Å². The highest BCUT2D eigenvalue weighted by Gasteiger charge is 2.07. The maximum atomic E-state index is 11.1. The van der Waals surface area contributed by atoms with Gasteiger partial charge in [-0.15, -0.1) is 4.91 Å². The fraction of sp³-hybridized carbons (Fsp3) is 0.250. The van der Waals surface area contributed by atoms with Crippen molar-refractivity contribution in [2.24, 2.45) is 10.2 Å². The lowest BCUT2D eigenvalue weighted by atomic mass is 10.2. The van der Waals surface area contributed by atoms with Crippen LogP contribution in [0.1, 0.15) is 26.3 Å². The summed E-state index contributed by atoms with van der Waals surface area (Å²) in [5.41, 5.74) is 2.33. The van der Waals surface area contributed by atoms with Gasteiger partial charge in [-0.2, -0.15) is 0 Å². The number of aliphatic imine (C=N–C) groups is 1. The molecule has 0 fully saturated rings. The van der Waals surface area contributed by atoms with Crippen LogP contribution in [0.2, 0.25) is 0 Å². The van der Waals surface area contributed by atoms with Crippen LogP contribution in [0.15, 0.2) is 46.0 Å². The van der Waals surface area contributed by atoms with E-state index in [-0.39, 0.29) is 5.57 Å². The standard InChI is InChI=1S/C12H13N3O2/c1-8(12(16)15-17)9(2)14-10(3)11-5-4-6-13-7-11/h4-7H,1-3H3/b9-8+,14-10?. The van der Waals surface area contributed by atoms with Gasteiger partial charge in [0.2, 0.25) is 0 Å². The number of hydrogen-bond donors (Lipinski definition) is 0. The predicted octanol–water partition coefficient (Wildman–Crippen LogP) is 2.48. The minimum Gasteiger partial charge on any atom is -0.264 e. The van der Waals surface area contributed by atoms with Crippen molar-refractivity contribution < 1.29 is 4.79 Å². The average molecular weight is 231 g/mol. The van der Waals surface area contributed by atoms with Crippen molar-refractivity contribution >= 4 is 11.6 Å². The van der Waals surface area contributed by atoms with Crippen LogP contribution in [0.5, 0.6) is 0 Å². The second-order valence-corrected chi connectivity index (χ2v) is 3.55. The first-order chi connectivity index (χ1) is 8.06. The van der Waals surface area contributed by atoms with Gasteiger partial charge in [0.15, 0.2) is 0 Å². The lowest BCUT2D eigenvalue weighted by Gasteiger charge is -2.02. The molecule has 0 aliphatic heterocycles. The van der Waals surface area contributed by atoms with E-state index in [1.54, 1.807) is 25.4 Å². The third kappa shape index (κ3) is 3.41. The molecule has 1 amide bonds. The molecule has 1 rings (SSSR count). The van der Waals surface area contributed by atoms with Gasteiger partial charge in [0.1, 0.15) is 0 Å². The van der Waals surface area contributed by atoms with Crippen molar-refractivity contribution in [2.45, 2.75) is 20.8 Å². The summed E-state index contributed by atoms with van der Waals surface area (Å²) in [6.45, 7) is 5.00. The van der Waals surface area contributed by atoms with Gasteiger partial charge in [0.05, 0.1) is 0 Å². The number of aromatic nitrogens is 1. The molecule has 1 aromatic heterocycles. The fourth-order valence-corrected chi connectivity index (χ4v) is 1.20. The van der Waals surface area contributed by atoms with Gasteiger partial charge in [0, 0.05) is 40.1 Å². The first kappa shape index (κ1) is 12.9. The summed E-state index contributed by atoms with van der Waals surface area (Å²) in [5, 5.41) is 2.36. The van der Waals surface area contributed by atoms with E-state index >= 15 is 0 Å². The zero-order valence-corrected chi connectivity index (χ0v) is 9.97. The number of amides is 1. The molecular formula is C12H13N3O2. The molecule has 5 nitrogen and oxygen atoms in total. The topological polar surface area (TPSA) is 71.8 Å². The SMILES string of the molecule is CC(=N/C(C)=C(\C)C(=O)N=O)c1cccnc1. The highest BCUT2D eigenvalue weighted by Crippen LogP contribution is 2.09.